The Hall–Kier alpha value is -1.69. The van der Waals surface area contributed by atoms with E-state index in [-0.39, 0.29) is 17.8 Å². The zero-order chi connectivity index (χ0) is 13.1. The molecule has 18 heavy (non-hydrogen) atoms. The van der Waals surface area contributed by atoms with Gasteiger partial charge in [0, 0.05) is 7.05 Å². The minimum Gasteiger partial charge on any atom is -0.476 e. The molecule has 2 rings (SSSR count). The van der Waals surface area contributed by atoms with Crippen molar-refractivity contribution in [3.8, 4) is 0 Å². The molecule has 1 heterocycles. The number of hydrogen-bond donors (Lipinski definition) is 2. The van der Waals surface area contributed by atoms with Gasteiger partial charge in [-0.3, -0.25) is 0 Å². The zero-order valence-corrected chi connectivity index (χ0v) is 10.3. The van der Waals surface area contributed by atoms with Crippen LogP contribution in [0.2, 0.25) is 0 Å². The molecule has 0 radical (unpaired) electrons. The maximum atomic E-state index is 10.7. The number of hydrogen-bond acceptors (Lipinski definition) is 5. The molecule has 0 spiro atoms. The minimum atomic E-state index is -1.09. The smallest absolute Gasteiger partial charge is 0.356 e. The molecule has 6 heteroatoms. The number of likely N-dealkylation sites (N-methyl/N-ethyl adjacent to an activating group) is 1. The summed E-state index contributed by atoms with van der Waals surface area (Å²) in [7, 11) is 1.85. The van der Waals surface area contributed by atoms with Gasteiger partial charge >= 0.3 is 5.97 Å². The Bertz CT molecular complexity index is 421. The zero-order valence-electron chi connectivity index (χ0n) is 10.3. The molecule has 98 valence electrons. The molecule has 1 saturated carbocycles. The SMILES string of the molecule is CN(c1ccc(C(=O)O)nn1)C1CCCCC1O. The maximum Gasteiger partial charge on any atom is 0.356 e. The Labute approximate surface area is 105 Å². The summed E-state index contributed by atoms with van der Waals surface area (Å²) in [4.78, 5) is 12.6. The summed E-state index contributed by atoms with van der Waals surface area (Å²) in [6, 6.07) is 3.08. The van der Waals surface area contributed by atoms with Crippen LogP contribution in [0, 0.1) is 0 Å². The van der Waals surface area contributed by atoms with Gasteiger partial charge in [0.15, 0.2) is 11.5 Å². The third-order valence-electron chi connectivity index (χ3n) is 3.42. The van der Waals surface area contributed by atoms with Crippen molar-refractivity contribution >= 4 is 11.8 Å². The predicted octanol–water partition coefficient (Wildman–Crippen LogP) is 0.914. The largest absolute Gasteiger partial charge is 0.476 e. The van der Waals surface area contributed by atoms with Crippen molar-refractivity contribution in [3.63, 3.8) is 0 Å². The third kappa shape index (κ3) is 2.59. The second kappa shape index (κ2) is 5.30. The van der Waals surface area contributed by atoms with Crippen molar-refractivity contribution in [2.75, 3.05) is 11.9 Å². The highest BCUT2D eigenvalue weighted by Gasteiger charge is 2.27. The number of carboxylic acid groups (broad SMARTS) is 1. The van der Waals surface area contributed by atoms with Crippen LogP contribution in [0.5, 0.6) is 0 Å². The molecule has 1 aliphatic rings. The highest BCUT2D eigenvalue weighted by Crippen LogP contribution is 2.25. The lowest BCUT2D eigenvalue weighted by Gasteiger charge is -2.35. The predicted molar refractivity (Wildman–Crippen MR) is 65.7 cm³/mol. The van der Waals surface area contributed by atoms with Crippen LogP contribution in [0.15, 0.2) is 12.1 Å². The molecule has 1 aliphatic carbocycles. The van der Waals surface area contributed by atoms with Gasteiger partial charge in [-0.25, -0.2) is 4.79 Å². The normalized spacial score (nSPS) is 23.7. The first-order valence-electron chi connectivity index (χ1n) is 6.07. The Kier molecular flexibility index (Phi) is 3.76. The molecule has 1 aromatic heterocycles. The quantitative estimate of drug-likeness (QED) is 0.830. The fourth-order valence-corrected chi connectivity index (χ4v) is 2.34. The highest BCUT2D eigenvalue weighted by molar-refractivity contribution is 5.85. The van der Waals surface area contributed by atoms with E-state index in [9.17, 15) is 9.90 Å². The first-order chi connectivity index (χ1) is 8.59. The van der Waals surface area contributed by atoms with E-state index in [0.29, 0.717) is 5.82 Å². The highest BCUT2D eigenvalue weighted by atomic mass is 16.4. The summed E-state index contributed by atoms with van der Waals surface area (Å²) < 4.78 is 0. The number of anilines is 1. The Morgan fingerprint density at radius 2 is 2.06 bits per heavy atom. The van der Waals surface area contributed by atoms with Crippen LogP contribution in [-0.4, -0.2) is 45.6 Å². The van der Waals surface area contributed by atoms with Gasteiger partial charge in [-0.1, -0.05) is 12.8 Å². The summed E-state index contributed by atoms with van der Waals surface area (Å²) in [5.74, 6) is -0.500. The Morgan fingerprint density at radius 1 is 1.33 bits per heavy atom. The second-order valence-electron chi connectivity index (χ2n) is 4.61. The monoisotopic (exact) mass is 251 g/mol. The third-order valence-corrected chi connectivity index (χ3v) is 3.42. The second-order valence-corrected chi connectivity index (χ2v) is 4.61. The average molecular weight is 251 g/mol. The van der Waals surface area contributed by atoms with Crippen molar-refractivity contribution in [1.29, 1.82) is 0 Å². The molecule has 2 atom stereocenters. The summed E-state index contributed by atoms with van der Waals surface area (Å²) in [5.41, 5.74) is -0.0728. The first kappa shape index (κ1) is 12.8. The van der Waals surface area contributed by atoms with E-state index in [2.05, 4.69) is 10.2 Å². The van der Waals surface area contributed by atoms with Gasteiger partial charge in [0.1, 0.15) is 0 Å². The maximum absolute atomic E-state index is 10.7. The molecular formula is C12H17N3O3. The van der Waals surface area contributed by atoms with Crippen LogP contribution in [0.25, 0.3) is 0 Å². The number of aromatic nitrogens is 2. The lowest BCUT2D eigenvalue weighted by molar-refractivity contribution is 0.0689. The number of aliphatic hydroxyl groups is 1. The van der Waals surface area contributed by atoms with Gasteiger partial charge in [0.2, 0.25) is 0 Å². The minimum absolute atomic E-state index is 0.0312. The van der Waals surface area contributed by atoms with Gasteiger partial charge in [-0.05, 0) is 25.0 Å². The number of aliphatic hydroxyl groups excluding tert-OH is 1. The van der Waals surface area contributed by atoms with Crippen LogP contribution < -0.4 is 4.90 Å². The van der Waals surface area contributed by atoms with Crippen molar-refractivity contribution in [3.05, 3.63) is 17.8 Å². The van der Waals surface area contributed by atoms with Gasteiger partial charge in [-0.15, -0.1) is 10.2 Å². The van der Waals surface area contributed by atoms with E-state index in [4.69, 9.17) is 5.11 Å². The number of carboxylic acids is 1. The van der Waals surface area contributed by atoms with E-state index < -0.39 is 5.97 Å². The number of nitrogens with zero attached hydrogens (tertiary/aromatic N) is 3. The standard InChI is InChI=1S/C12H17N3O3/c1-15(9-4-2-3-5-10(9)16)11-7-6-8(12(17)18)13-14-11/h6-7,9-10,16H,2-5H2,1H3,(H,17,18). The summed E-state index contributed by atoms with van der Waals surface area (Å²) in [6.45, 7) is 0. The van der Waals surface area contributed by atoms with E-state index in [0.717, 1.165) is 25.7 Å². The van der Waals surface area contributed by atoms with Crippen LogP contribution >= 0.6 is 0 Å². The Morgan fingerprint density at radius 3 is 2.61 bits per heavy atom. The van der Waals surface area contributed by atoms with E-state index in [1.807, 2.05) is 11.9 Å². The van der Waals surface area contributed by atoms with Gasteiger partial charge in [0.25, 0.3) is 0 Å². The number of carbonyl (C=O) groups is 1. The first-order valence-corrected chi connectivity index (χ1v) is 6.07. The molecule has 2 N–H and O–H groups in total. The molecule has 1 aromatic rings. The summed E-state index contributed by atoms with van der Waals surface area (Å²) in [6.07, 6.45) is 3.50. The topological polar surface area (TPSA) is 86.6 Å². The molecule has 0 amide bonds. The van der Waals surface area contributed by atoms with Crippen LogP contribution in [0.1, 0.15) is 36.2 Å². The fraction of sp³-hybridized carbons (Fsp3) is 0.583. The van der Waals surface area contributed by atoms with Crippen LogP contribution in [0.3, 0.4) is 0 Å². The summed E-state index contributed by atoms with van der Waals surface area (Å²) in [5, 5.41) is 26.2. The van der Waals surface area contributed by atoms with Crippen molar-refractivity contribution in [2.24, 2.45) is 0 Å². The molecule has 0 aromatic carbocycles. The van der Waals surface area contributed by atoms with Crippen LogP contribution in [0.4, 0.5) is 5.82 Å². The van der Waals surface area contributed by atoms with Crippen molar-refractivity contribution < 1.29 is 15.0 Å². The average Bonchev–Trinajstić information content (AvgIpc) is 2.38. The van der Waals surface area contributed by atoms with Crippen molar-refractivity contribution in [2.45, 2.75) is 37.8 Å². The molecule has 0 bridgehead atoms. The van der Waals surface area contributed by atoms with Gasteiger partial charge in [0.05, 0.1) is 12.1 Å². The molecule has 1 fully saturated rings. The Balaban J connectivity index is 2.12. The lowest BCUT2D eigenvalue weighted by Crippen LogP contribution is -2.43. The number of aromatic carboxylic acids is 1. The molecule has 0 aliphatic heterocycles. The fourth-order valence-electron chi connectivity index (χ4n) is 2.34. The number of rotatable bonds is 3. The lowest BCUT2D eigenvalue weighted by atomic mass is 9.91. The van der Waals surface area contributed by atoms with Gasteiger partial charge < -0.3 is 15.1 Å². The van der Waals surface area contributed by atoms with Crippen LogP contribution in [-0.2, 0) is 0 Å². The van der Waals surface area contributed by atoms with E-state index >= 15 is 0 Å². The summed E-state index contributed by atoms with van der Waals surface area (Å²) >= 11 is 0. The van der Waals surface area contributed by atoms with Crippen molar-refractivity contribution in [1.82, 2.24) is 10.2 Å². The van der Waals surface area contributed by atoms with E-state index in [1.54, 1.807) is 6.07 Å². The molecule has 6 nitrogen and oxygen atoms in total. The molecule has 2 unspecified atom stereocenters. The van der Waals surface area contributed by atoms with E-state index in [1.165, 1.54) is 6.07 Å². The van der Waals surface area contributed by atoms with Gasteiger partial charge in [-0.2, -0.15) is 0 Å². The molecular weight excluding hydrogens is 234 g/mol. The molecule has 0 saturated heterocycles.